The fraction of sp³-hybridized carbons (Fsp3) is 0.381. The summed E-state index contributed by atoms with van der Waals surface area (Å²) >= 11 is 6.35. The number of anilines is 1. The van der Waals surface area contributed by atoms with Crippen molar-refractivity contribution in [2.75, 3.05) is 24.7 Å². The lowest BCUT2D eigenvalue weighted by molar-refractivity contribution is -0.140. The highest BCUT2D eigenvalue weighted by Crippen LogP contribution is 2.49. The van der Waals surface area contributed by atoms with E-state index in [1.165, 1.54) is 10.5 Å². The Bertz CT molecular complexity index is 1280. The van der Waals surface area contributed by atoms with E-state index in [2.05, 4.69) is 20.3 Å². The number of aromatic nitrogens is 2. The van der Waals surface area contributed by atoms with Crippen LogP contribution in [0.25, 0.3) is 0 Å². The summed E-state index contributed by atoms with van der Waals surface area (Å²) in [5.41, 5.74) is 0.0823. The van der Waals surface area contributed by atoms with E-state index in [0.29, 0.717) is 42.1 Å². The number of thiol groups is 1. The minimum atomic E-state index is -4.68. The van der Waals surface area contributed by atoms with Crippen LogP contribution in [0.1, 0.15) is 29.5 Å². The maximum atomic E-state index is 13.9. The monoisotopic (exact) mass is 549 g/mol. The molecule has 1 unspecified atom stereocenters. The van der Waals surface area contributed by atoms with Crippen LogP contribution in [0.4, 0.5) is 19.1 Å². The first-order valence-corrected chi connectivity index (χ1v) is 14.2. The van der Waals surface area contributed by atoms with Gasteiger partial charge in [-0.2, -0.15) is 13.2 Å². The molecule has 1 atom stereocenters. The Morgan fingerprint density at radius 1 is 1.29 bits per heavy atom. The molecule has 2 aliphatic heterocycles. The first-order chi connectivity index (χ1) is 16.5. The van der Waals surface area contributed by atoms with Gasteiger partial charge in [0.1, 0.15) is 10.6 Å². The van der Waals surface area contributed by atoms with Gasteiger partial charge in [-0.25, -0.2) is 27.7 Å². The summed E-state index contributed by atoms with van der Waals surface area (Å²) in [5.74, 6) is 0.0367. The third-order valence-electron chi connectivity index (χ3n) is 5.66. The molecule has 0 bridgehead atoms. The van der Waals surface area contributed by atoms with Crippen molar-refractivity contribution in [2.24, 2.45) is 4.99 Å². The summed E-state index contributed by atoms with van der Waals surface area (Å²) in [4.78, 5) is 12.4. The van der Waals surface area contributed by atoms with Crippen molar-refractivity contribution < 1.29 is 26.7 Å². The van der Waals surface area contributed by atoms with Gasteiger partial charge in [-0.05, 0) is 29.9 Å². The Morgan fingerprint density at radius 3 is 2.60 bits per heavy atom. The molecule has 1 aromatic heterocycles. The topological polar surface area (TPSA) is 108 Å². The molecule has 0 radical (unpaired) electrons. The van der Waals surface area contributed by atoms with Crippen LogP contribution in [0.15, 0.2) is 46.0 Å². The van der Waals surface area contributed by atoms with Gasteiger partial charge in [0.15, 0.2) is 0 Å². The summed E-state index contributed by atoms with van der Waals surface area (Å²) in [6.07, 6.45) is -0.385. The fourth-order valence-corrected chi connectivity index (χ4v) is 7.06. The fourth-order valence-electron chi connectivity index (χ4n) is 3.85. The van der Waals surface area contributed by atoms with E-state index in [1.807, 2.05) is 0 Å². The van der Waals surface area contributed by atoms with Crippen LogP contribution in [0.5, 0.6) is 0 Å². The molecule has 14 heteroatoms. The minimum absolute atomic E-state index is 0.0367. The van der Waals surface area contributed by atoms with Crippen LogP contribution < -0.4 is 5.32 Å². The van der Waals surface area contributed by atoms with Gasteiger partial charge in [-0.15, -0.1) is 10.9 Å². The van der Waals surface area contributed by atoms with Crippen LogP contribution in [-0.4, -0.2) is 58.2 Å². The molecule has 3 heterocycles. The van der Waals surface area contributed by atoms with Crippen LogP contribution in [-0.2, 0) is 22.8 Å². The number of rotatable bonds is 6. The molecule has 1 fully saturated rings. The predicted octanol–water partition coefficient (Wildman–Crippen LogP) is 3.77. The molecule has 190 valence electrons. The molecule has 0 aliphatic carbocycles. The SMILES string of the molecule is CS(=O)(=O)N1CCC(Nc2ncc(C(F)(F)F)c([SH]3C=CN=C3c3ccc(CO)cc3Cl)n2)CC1. The first kappa shape index (κ1) is 25.9. The average molecular weight is 550 g/mol. The average Bonchev–Trinajstić information content (AvgIpc) is 3.27. The lowest BCUT2D eigenvalue weighted by atomic mass is 10.1. The zero-order valence-corrected chi connectivity index (χ0v) is 21.0. The summed E-state index contributed by atoms with van der Waals surface area (Å²) in [6, 6.07) is 4.62. The number of aliphatic hydroxyl groups is 1. The van der Waals surface area contributed by atoms with Crippen molar-refractivity contribution in [2.45, 2.75) is 36.7 Å². The highest BCUT2D eigenvalue weighted by atomic mass is 35.5. The van der Waals surface area contributed by atoms with Crippen LogP contribution in [0.3, 0.4) is 0 Å². The molecule has 0 saturated carbocycles. The number of hydrogen-bond acceptors (Lipinski definition) is 7. The molecule has 0 spiro atoms. The number of halogens is 4. The predicted molar refractivity (Wildman–Crippen MR) is 130 cm³/mol. The summed E-state index contributed by atoms with van der Waals surface area (Å²) < 4.78 is 66.5. The van der Waals surface area contributed by atoms with Gasteiger partial charge in [0, 0.05) is 37.1 Å². The van der Waals surface area contributed by atoms with E-state index in [1.54, 1.807) is 23.6 Å². The Balaban J connectivity index is 1.63. The van der Waals surface area contributed by atoms with E-state index in [9.17, 15) is 26.7 Å². The lowest BCUT2D eigenvalue weighted by Crippen LogP contribution is -2.42. The van der Waals surface area contributed by atoms with E-state index < -0.39 is 32.7 Å². The van der Waals surface area contributed by atoms with Crippen LogP contribution in [0.2, 0.25) is 5.02 Å². The van der Waals surface area contributed by atoms with Gasteiger partial charge in [0.25, 0.3) is 0 Å². The number of benzene rings is 1. The van der Waals surface area contributed by atoms with Gasteiger partial charge in [-0.1, -0.05) is 23.7 Å². The highest BCUT2D eigenvalue weighted by molar-refractivity contribution is 8.33. The number of hydrogen-bond donors (Lipinski definition) is 3. The molecule has 1 saturated heterocycles. The molecular weight excluding hydrogens is 527 g/mol. The number of nitrogens with zero attached hydrogens (tertiary/aromatic N) is 4. The van der Waals surface area contributed by atoms with E-state index in [-0.39, 0.29) is 28.6 Å². The molecule has 2 aromatic rings. The largest absolute Gasteiger partial charge is 0.420 e. The molecule has 2 N–H and O–H groups in total. The number of nitrogens with one attached hydrogen (secondary N) is 1. The zero-order valence-electron chi connectivity index (χ0n) is 18.5. The maximum Gasteiger partial charge on any atom is 0.420 e. The maximum absolute atomic E-state index is 13.9. The third-order valence-corrected chi connectivity index (χ3v) is 9.31. The standard InChI is InChI=1S/C21H23ClF3N5O3S2/c1-35(32,33)30-7-4-14(5-8-30)28-20-27-11-16(21(23,24)25)19(29-20)34-9-6-26-18(34)15-3-2-13(12-31)10-17(15)22/h2-3,6,9-11,14,31,34H,4-5,7-8,12H2,1H3,(H,27,28,29). The van der Waals surface area contributed by atoms with E-state index >= 15 is 0 Å². The molecule has 0 amide bonds. The molecule has 8 nitrogen and oxygen atoms in total. The van der Waals surface area contributed by atoms with Crippen molar-refractivity contribution in [1.29, 1.82) is 0 Å². The van der Waals surface area contributed by atoms with E-state index in [0.717, 1.165) is 12.5 Å². The number of piperidine rings is 1. The normalized spacial score (nSPS) is 20.7. The van der Waals surface area contributed by atoms with Gasteiger partial charge >= 0.3 is 6.18 Å². The van der Waals surface area contributed by atoms with Gasteiger partial charge < -0.3 is 10.4 Å². The molecule has 2 aliphatic rings. The quantitative estimate of drug-likeness (QED) is 0.374. The second kappa shape index (κ2) is 10.1. The summed E-state index contributed by atoms with van der Waals surface area (Å²) in [7, 11) is -5.03. The van der Waals surface area contributed by atoms with Crippen molar-refractivity contribution >= 4 is 43.5 Å². The number of alkyl halides is 3. The lowest BCUT2D eigenvalue weighted by Gasteiger charge is -2.31. The summed E-state index contributed by atoms with van der Waals surface area (Å²) in [6.45, 7) is 0.388. The Kier molecular flexibility index (Phi) is 7.44. The van der Waals surface area contributed by atoms with Crippen molar-refractivity contribution in [3.05, 3.63) is 57.7 Å². The van der Waals surface area contributed by atoms with Crippen LogP contribution >= 0.6 is 22.5 Å². The van der Waals surface area contributed by atoms with E-state index in [4.69, 9.17) is 11.6 Å². The molecule has 4 rings (SSSR count). The Hall–Kier alpha value is -2.19. The molecule has 35 heavy (non-hydrogen) atoms. The van der Waals surface area contributed by atoms with Crippen molar-refractivity contribution in [1.82, 2.24) is 14.3 Å². The van der Waals surface area contributed by atoms with Gasteiger partial charge in [0.2, 0.25) is 16.0 Å². The first-order valence-electron chi connectivity index (χ1n) is 10.6. The van der Waals surface area contributed by atoms with Crippen LogP contribution in [0, 0.1) is 0 Å². The molecular formula is C21H23ClF3N5O3S2. The number of sulfonamides is 1. The third kappa shape index (κ3) is 5.80. The highest BCUT2D eigenvalue weighted by Gasteiger charge is 2.38. The minimum Gasteiger partial charge on any atom is -0.392 e. The van der Waals surface area contributed by atoms with Crippen molar-refractivity contribution in [3.8, 4) is 0 Å². The Morgan fingerprint density at radius 2 is 2.00 bits per heavy atom. The Labute approximate surface area is 208 Å². The summed E-state index contributed by atoms with van der Waals surface area (Å²) in [5, 5.41) is 14.4. The van der Waals surface area contributed by atoms with Gasteiger partial charge in [0.05, 0.1) is 22.9 Å². The molecule has 1 aromatic carbocycles. The number of aliphatic imine (C=N–C) groups is 1. The number of aliphatic hydroxyl groups excluding tert-OH is 1. The second-order valence-electron chi connectivity index (χ2n) is 8.10. The van der Waals surface area contributed by atoms with Gasteiger partial charge in [-0.3, -0.25) is 0 Å². The smallest absolute Gasteiger partial charge is 0.392 e. The zero-order chi connectivity index (χ0) is 25.4. The van der Waals surface area contributed by atoms with Crippen molar-refractivity contribution in [3.63, 3.8) is 0 Å². The second-order valence-corrected chi connectivity index (χ2v) is 12.4.